The van der Waals surface area contributed by atoms with Crippen molar-refractivity contribution in [3.05, 3.63) is 12.7 Å². The molecule has 14 heavy (non-hydrogen) atoms. The smallest absolute Gasteiger partial charge is 0.431 e. The van der Waals surface area contributed by atoms with Gasteiger partial charge in [0.15, 0.2) is 0 Å². The molecule has 0 aromatic rings. The van der Waals surface area contributed by atoms with E-state index in [2.05, 4.69) is 6.58 Å². The number of hydrogen-bond donors (Lipinski definition) is 0. The van der Waals surface area contributed by atoms with Crippen molar-refractivity contribution in [2.75, 3.05) is 0 Å². The van der Waals surface area contributed by atoms with E-state index in [0.29, 0.717) is 0 Å². The van der Waals surface area contributed by atoms with Crippen molar-refractivity contribution in [1.29, 1.82) is 0 Å². The summed E-state index contributed by atoms with van der Waals surface area (Å²) in [6.07, 6.45) is 2.69. The van der Waals surface area contributed by atoms with Crippen LogP contribution in [0.4, 0.5) is 4.79 Å². The molecule has 0 amide bonds. The molecule has 1 atom stereocenters. The lowest BCUT2D eigenvalue weighted by molar-refractivity contribution is -0.0136. The maximum atomic E-state index is 11.2. The molecule has 0 fully saturated rings. The van der Waals surface area contributed by atoms with E-state index in [0.717, 1.165) is 12.8 Å². The van der Waals surface area contributed by atoms with Crippen molar-refractivity contribution in [2.24, 2.45) is 0 Å². The zero-order chi connectivity index (χ0) is 11.2. The van der Waals surface area contributed by atoms with Crippen LogP contribution in [0.5, 0.6) is 0 Å². The fourth-order valence-electron chi connectivity index (χ4n) is 0.910. The SMILES string of the molecule is C=CC(C)(C)OC(=O)OC(C)CCC. The van der Waals surface area contributed by atoms with Crippen molar-refractivity contribution in [1.82, 2.24) is 0 Å². The summed E-state index contributed by atoms with van der Waals surface area (Å²) in [5, 5.41) is 0. The predicted octanol–water partition coefficient (Wildman–Crippen LogP) is 3.29. The van der Waals surface area contributed by atoms with E-state index in [1.54, 1.807) is 19.9 Å². The molecule has 0 aliphatic heterocycles. The van der Waals surface area contributed by atoms with E-state index in [1.807, 2.05) is 13.8 Å². The summed E-state index contributed by atoms with van der Waals surface area (Å²) in [5.41, 5.74) is -0.664. The molecule has 0 heterocycles. The Bertz CT molecular complexity index is 197. The monoisotopic (exact) mass is 200 g/mol. The van der Waals surface area contributed by atoms with Gasteiger partial charge in [-0.2, -0.15) is 0 Å². The van der Waals surface area contributed by atoms with Crippen LogP contribution in [0, 0.1) is 0 Å². The lowest BCUT2D eigenvalue weighted by Crippen LogP contribution is -2.27. The van der Waals surface area contributed by atoms with E-state index in [9.17, 15) is 4.79 Å². The Balaban J connectivity index is 3.92. The van der Waals surface area contributed by atoms with Gasteiger partial charge >= 0.3 is 6.16 Å². The standard InChI is InChI=1S/C11H20O3/c1-6-8-9(3)13-10(12)14-11(4,5)7-2/h7,9H,2,6,8H2,1,3-5H3. The van der Waals surface area contributed by atoms with E-state index in [1.165, 1.54) is 0 Å². The molecule has 0 radical (unpaired) electrons. The highest BCUT2D eigenvalue weighted by Crippen LogP contribution is 2.12. The first-order chi connectivity index (χ1) is 6.41. The van der Waals surface area contributed by atoms with Crippen LogP contribution in [0.2, 0.25) is 0 Å². The molecule has 82 valence electrons. The fraction of sp³-hybridized carbons (Fsp3) is 0.727. The second kappa shape index (κ2) is 5.68. The Morgan fingerprint density at radius 1 is 1.57 bits per heavy atom. The summed E-state index contributed by atoms with van der Waals surface area (Å²) in [6, 6.07) is 0. The molecule has 0 saturated carbocycles. The number of ether oxygens (including phenoxy) is 2. The minimum Gasteiger partial charge on any atom is -0.431 e. The summed E-state index contributed by atoms with van der Waals surface area (Å²) in [7, 11) is 0. The second-order valence-corrected chi connectivity index (χ2v) is 3.88. The topological polar surface area (TPSA) is 35.5 Å². The number of carbonyl (C=O) groups is 1. The van der Waals surface area contributed by atoms with Crippen LogP contribution in [0.1, 0.15) is 40.5 Å². The highest BCUT2D eigenvalue weighted by molar-refractivity contribution is 5.61. The van der Waals surface area contributed by atoms with Gasteiger partial charge in [0.05, 0.1) is 0 Å². The maximum Gasteiger partial charge on any atom is 0.509 e. The van der Waals surface area contributed by atoms with Crippen LogP contribution in [-0.4, -0.2) is 17.9 Å². The maximum absolute atomic E-state index is 11.2. The molecule has 0 rings (SSSR count). The van der Waals surface area contributed by atoms with Crippen molar-refractivity contribution >= 4 is 6.16 Å². The molecule has 3 heteroatoms. The van der Waals surface area contributed by atoms with Gasteiger partial charge in [-0.05, 0) is 33.3 Å². The van der Waals surface area contributed by atoms with Crippen LogP contribution in [0.3, 0.4) is 0 Å². The Kier molecular flexibility index (Phi) is 5.28. The quantitative estimate of drug-likeness (QED) is 0.504. The Labute approximate surface area is 86.1 Å². The Hall–Kier alpha value is -0.990. The molecule has 0 aromatic carbocycles. The molecule has 0 aromatic heterocycles. The zero-order valence-corrected chi connectivity index (χ0v) is 9.50. The Morgan fingerprint density at radius 2 is 2.14 bits per heavy atom. The molecule has 0 saturated heterocycles. The average molecular weight is 200 g/mol. The number of rotatable bonds is 5. The molecule has 0 aliphatic rings. The van der Waals surface area contributed by atoms with Crippen molar-refractivity contribution in [3.8, 4) is 0 Å². The van der Waals surface area contributed by atoms with Gasteiger partial charge in [-0.3, -0.25) is 0 Å². The van der Waals surface area contributed by atoms with Crippen LogP contribution in [0.25, 0.3) is 0 Å². The first-order valence-electron chi connectivity index (χ1n) is 4.94. The third kappa shape index (κ3) is 5.62. The van der Waals surface area contributed by atoms with E-state index >= 15 is 0 Å². The second-order valence-electron chi connectivity index (χ2n) is 3.88. The van der Waals surface area contributed by atoms with Crippen LogP contribution in [-0.2, 0) is 9.47 Å². The van der Waals surface area contributed by atoms with Crippen LogP contribution >= 0.6 is 0 Å². The van der Waals surface area contributed by atoms with Gasteiger partial charge < -0.3 is 9.47 Å². The molecule has 0 aliphatic carbocycles. The number of hydrogen-bond acceptors (Lipinski definition) is 3. The highest BCUT2D eigenvalue weighted by atomic mass is 16.7. The molecular formula is C11H20O3. The van der Waals surface area contributed by atoms with Crippen LogP contribution in [0.15, 0.2) is 12.7 Å². The van der Waals surface area contributed by atoms with E-state index < -0.39 is 11.8 Å². The molecule has 0 bridgehead atoms. The van der Waals surface area contributed by atoms with E-state index in [-0.39, 0.29) is 6.10 Å². The molecule has 1 unspecified atom stereocenters. The summed E-state index contributed by atoms with van der Waals surface area (Å²) in [6.45, 7) is 11.0. The van der Waals surface area contributed by atoms with Crippen molar-refractivity contribution in [2.45, 2.75) is 52.2 Å². The minimum absolute atomic E-state index is 0.0897. The average Bonchev–Trinajstić information content (AvgIpc) is 2.03. The summed E-state index contributed by atoms with van der Waals surface area (Å²) < 4.78 is 10.0. The largest absolute Gasteiger partial charge is 0.509 e. The summed E-state index contributed by atoms with van der Waals surface area (Å²) in [4.78, 5) is 11.2. The first-order valence-corrected chi connectivity index (χ1v) is 4.94. The molecule has 0 spiro atoms. The lowest BCUT2D eigenvalue weighted by Gasteiger charge is -2.21. The van der Waals surface area contributed by atoms with Crippen molar-refractivity contribution < 1.29 is 14.3 Å². The van der Waals surface area contributed by atoms with Gasteiger partial charge in [-0.1, -0.05) is 19.9 Å². The molecule has 3 nitrogen and oxygen atoms in total. The lowest BCUT2D eigenvalue weighted by atomic mass is 10.1. The first kappa shape index (κ1) is 13.0. The number of carbonyl (C=O) groups excluding carboxylic acids is 1. The fourth-order valence-corrected chi connectivity index (χ4v) is 0.910. The van der Waals surface area contributed by atoms with Gasteiger partial charge in [0.25, 0.3) is 0 Å². The van der Waals surface area contributed by atoms with E-state index in [4.69, 9.17) is 9.47 Å². The van der Waals surface area contributed by atoms with Crippen LogP contribution < -0.4 is 0 Å². The minimum atomic E-state index is -0.664. The third-order valence-corrected chi connectivity index (χ3v) is 1.83. The van der Waals surface area contributed by atoms with Crippen molar-refractivity contribution in [3.63, 3.8) is 0 Å². The molecule has 0 N–H and O–H groups in total. The van der Waals surface area contributed by atoms with Gasteiger partial charge in [-0.25, -0.2) is 4.79 Å². The van der Waals surface area contributed by atoms with Gasteiger partial charge in [-0.15, -0.1) is 0 Å². The summed E-state index contributed by atoms with van der Waals surface area (Å²) in [5.74, 6) is 0. The molecular weight excluding hydrogens is 180 g/mol. The summed E-state index contributed by atoms with van der Waals surface area (Å²) >= 11 is 0. The van der Waals surface area contributed by atoms with Gasteiger partial charge in [0.2, 0.25) is 0 Å². The zero-order valence-electron chi connectivity index (χ0n) is 9.50. The predicted molar refractivity (Wildman–Crippen MR) is 56.2 cm³/mol. The third-order valence-electron chi connectivity index (χ3n) is 1.83. The highest BCUT2D eigenvalue weighted by Gasteiger charge is 2.20. The Morgan fingerprint density at radius 3 is 2.57 bits per heavy atom. The normalized spacial score (nSPS) is 13.1. The van der Waals surface area contributed by atoms with Gasteiger partial charge in [0, 0.05) is 0 Å². The van der Waals surface area contributed by atoms with Gasteiger partial charge in [0.1, 0.15) is 11.7 Å².